The molecule has 2 rings (SSSR count). The number of methoxy groups -OCH3 is 1. The quantitative estimate of drug-likeness (QED) is 0.607. The summed E-state index contributed by atoms with van der Waals surface area (Å²) in [5, 5.41) is 0. The molecule has 0 aliphatic carbocycles. The van der Waals surface area contributed by atoms with E-state index >= 15 is 0 Å². The zero-order valence-electron chi connectivity index (χ0n) is 12.2. The first-order chi connectivity index (χ1) is 10.6. The summed E-state index contributed by atoms with van der Waals surface area (Å²) in [4.78, 5) is 28.0. The van der Waals surface area contributed by atoms with Gasteiger partial charge in [-0.2, -0.15) is 0 Å². The van der Waals surface area contributed by atoms with E-state index < -0.39 is 17.7 Å². The summed E-state index contributed by atoms with van der Waals surface area (Å²) in [6.45, 7) is 0. The SMILES string of the molecule is COC(=O)CC[C@@H](C(=O)c1ccccn1)c1ccccc1F. The number of pyridine rings is 1. The van der Waals surface area contributed by atoms with Crippen LogP contribution in [0.4, 0.5) is 4.39 Å². The minimum absolute atomic E-state index is 0.0358. The summed E-state index contributed by atoms with van der Waals surface area (Å²) in [6.07, 6.45) is 1.71. The van der Waals surface area contributed by atoms with Gasteiger partial charge in [0, 0.05) is 12.6 Å². The minimum Gasteiger partial charge on any atom is -0.469 e. The first-order valence-corrected chi connectivity index (χ1v) is 6.90. The van der Waals surface area contributed by atoms with E-state index in [0.717, 1.165) is 0 Å². The molecule has 0 fully saturated rings. The van der Waals surface area contributed by atoms with E-state index in [2.05, 4.69) is 9.72 Å². The highest BCUT2D eigenvalue weighted by atomic mass is 19.1. The second-order valence-corrected chi connectivity index (χ2v) is 4.77. The number of hydrogen-bond acceptors (Lipinski definition) is 4. The maximum atomic E-state index is 14.0. The maximum absolute atomic E-state index is 14.0. The van der Waals surface area contributed by atoms with Gasteiger partial charge >= 0.3 is 5.97 Å². The molecule has 0 unspecified atom stereocenters. The van der Waals surface area contributed by atoms with Crippen molar-refractivity contribution in [2.75, 3.05) is 7.11 Å². The number of benzene rings is 1. The van der Waals surface area contributed by atoms with Gasteiger partial charge in [-0.1, -0.05) is 24.3 Å². The molecule has 1 atom stereocenters. The monoisotopic (exact) mass is 301 g/mol. The van der Waals surface area contributed by atoms with Crippen molar-refractivity contribution in [2.24, 2.45) is 0 Å². The van der Waals surface area contributed by atoms with E-state index in [9.17, 15) is 14.0 Å². The molecule has 0 radical (unpaired) electrons. The van der Waals surface area contributed by atoms with Crippen LogP contribution in [0, 0.1) is 5.82 Å². The Kier molecular flexibility index (Phi) is 5.36. The van der Waals surface area contributed by atoms with Crippen LogP contribution < -0.4 is 0 Å². The summed E-state index contributed by atoms with van der Waals surface area (Å²) in [5.74, 6) is -1.98. The smallest absolute Gasteiger partial charge is 0.305 e. The molecule has 0 bridgehead atoms. The third-order valence-corrected chi connectivity index (χ3v) is 3.38. The summed E-state index contributed by atoms with van der Waals surface area (Å²) < 4.78 is 18.6. The second kappa shape index (κ2) is 7.45. The Labute approximate surface area is 127 Å². The zero-order valence-corrected chi connectivity index (χ0v) is 12.2. The van der Waals surface area contributed by atoms with Gasteiger partial charge in [0.2, 0.25) is 0 Å². The highest BCUT2D eigenvalue weighted by Crippen LogP contribution is 2.27. The van der Waals surface area contributed by atoms with Gasteiger partial charge in [-0.05, 0) is 30.2 Å². The highest BCUT2D eigenvalue weighted by Gasteiger charge is 2.26. The summed E-state index contributed by atoms with van der Waals surface area (Å²) in [7, 11) is 1.28. The van der Waals surface area contributed by atoms with E-state index in [-0.39, 0.29) is 29.9 Å². The van der Waals surface area contributed by atoms with E-state index in [1.807, 2.05) is 0 Å². The molecule has 0 aliphatic rings. The molecule has 0 spiro atoms. The molecule has 4 nitrogen and oxygen atoms in total. The highest BCUT2D eigenvalue weighted by molar-refractivity contribution is 5.99. The minimum atomic E-state index is -0.768. The molecule has 0 N–H and O–H groups in total. The molecule has 2 aromatic rings. The van der Waals surface area contributed by atoms with Crippen LogP contribution in [0.1, 0.15) is 34.8 Å². The van der Waals surface area contributed by atoms with E-state index in [4.69, 9.17) is 0 Å². The van der Waals surface area contributed by atoms with Crippen molar-refractivity contribution < 1.29 is 18.7 Å². The van der Waals surface area contributed by atoms with Gasteiger partial charge in [0.25, 0.3) is 0 Å². The fourth-order valence-corrected chi connectivity index (χ4v) is 2.24. The predicted molar refractivity (Wildman–Crippen MR) is 79.0 cm³/mol. The third kappa shape index (κ3) is 3.75. The average Bonchev–Trinajstić information content (AvgIpc) is 2.56. The topological polar surface area (TPSA) is 56.3 Å². The molecule has 1 aromatic heterocycles. The van der Waals surface area contributed by atoms with Gasteiger partial charge in [-0.25, -0.2) is 4.39 Å². The number of ether oxygens (including phenoxy) is 1. The number of nitrogens with zero attached hydrogens (tertiary/aromatic N) is 1. The largest absolute Gasteiger partial charge is 0.469 e. The number of aromatic nitrogens is 1. The van der Waals surface area contributed by atoms with Crippen LogP contribution in [0.15, 0.2) is 48.7 Å². The van der Waals surface area contributed by atoms with E-state index in [0.29, 0.717) is 0 Å². The number of ketones is 1. The maximum Gasteiger partial charge on any atom is 0.305 e. The fraction of sp³-hybridized carbons (Fsp3) is 0.235. The van der Waals surface area contributed by atoms with Gasteiger partial charge in [-0.3, -0.25) is 14.6 Å². The number of rotatable bonds is 6. The van der Waals surface area contributed by atoms with Gasteiger partial charge in [0.15, 0.2) is 5.78 Å². The lowest BCUT2D eigenvalue weighted by atomic mass is 9.88. The Morgan fingerprint density at radius 3 is 2.55 bits per heavy atom. The Balaban J connectivity index is 2.31. The standard InChI is InChI=1S/C17H16FNO3/c1-22-16(20)10-9-13(12-6-2-3-7-14(12)18)17(21)15-8-4-5-11-19-15/h2-8,11,13H,9-10H2,1H3/t13-/m1/s1. The van der Waals surface area contributed by atoms with Crippen molar-refractivity contribution in [3.8, 4) is 0 Å². The Bertz CT molecular complexity index is 658. The molecule has 5 heteroatoms. The number of halogens is 1. The number of Topliss-reactive ketones (excluding diaryl/α,β-unsaturated/α-hetero) is 1. The van der Waals surface area contributed by atoms with Crippen molar-refractivity contribution in [3.05, 3.63) is 65.7 Å². The molecular formula is C17H16FNO3. The van der Waals surface area contributed by atoms with E-state index in [1.165, 1.54) is 19.4 Å². The van der Waals surface area contributed by atoms with Crippen molar-refractivity contribution in [1.82, 2.24) is 4.98 Å². The summed E-state index contributed by atoms with van der Waals surface area (Å²) in [5.41, 5.74) is 0.516. The lowest BCUT2D eigenvalue weighted by molar-refractivity contribution is -0.140. The molecule has 0 saturated heterocycles. The van der Waals surface area contributed by atoms with Crippen molar-refractivity contribution in [2.45, 2.75) is 18.8 Å². The van der Waals surface area contributed by atoms with Crippen molar-refractivity contribution in [1.29, 1.82) is 0 Å². The lowest BCUT2D eigenvalue weighted by Gasteiger charge is -2.16. The summed E-state index contributed by atoms with van der Waals surface area (Å²) >= 11 is 0. The molecular weight excluding hydrogens is 285 g/mol. The van der Waals surface area contributed by atoms with E-state index in [1.54, 1.807) is 36.4 Å². The van der Waals surface area contributed by atoms with Crippen LogP contribution in [-0.2, 0) is 9.53 Å². The zero-order chi connectivity index (χ0) is 15.9. The van der Waals surface area contributed by atoms with Gasteiger partial charge in [0.05, 0.1) is 13.0 Å². The third-order valence-electron chi connectivity index (χ3n) is 3.38. The first-order valence-electron chi connectivity index (χ1n) is 6.90. The van der Waals surface area contributed by atoms with Crippen LogP contribution in [0.3, 0.4) is 0 Å². The van der Waals surface area contributed by atoms with Crippen LogP contribution in [-0.4, -0.2) is 23.8 Å². The number of carbonyl (C=O) groups excluding carboxylic acids is 2. The molecule has 114 valence electrons. The normalized spacial score (nSPS) is 11.7. The van der Waals surface area contributed by atoms with Crippen LogP contribution in [0.5, 0.6) is 0 Å². The van der Waals surface area contributed by atoms with Crippen LogP contribution in [0.25, 0.3) is 0 Å². The Hall–Kier alpha value is -2.56. The Morgan fingerprint density at radius 2 is 1.91 bits per heavy atom. The molecule has 0 amide bonds. The van der Waals surface area contributed by atoms with Gasteiger partial charge in [-0.15, -0.1) is 0 Å². The van der Waals surface area contributed by atoms with Gasteiger partial charge in [0.1, 0.15) is 11.5 Å². The van der Waals surface area contributed by atoms with Crippen LogP contribution in [0.2, 0.25) is 0 Å². The number of esters is 1. The molecule has 1 heterocycles. The second-order valence-electron chi connectivity index (χ2n) is 4.77. The average molecular weight is 301 g/mol. The summed E-state index contributed by atoms with van der Waals surface area (Å²) in [6, 6.07) is 11.0. The predicted octanol–water partition coefficient (Wildman–Crippen LogP) is 3.14. The van der Waals surface area contributed by atoms with Gasteiger partial charge < -0.3 is 4.74 Å². The fourth-order valence-electron chi connectivity index (χ4n) is 2.24. The molecule has 0 aliphatic heterocycles. The lowest BCUT2D eigenvalue weighted by Crippen LogP contribution is -2.17. The molecule has 0 saturated carbocycles. The van der Waals surface area contributed by atoms with Crippen molar-refractivity contribution in [3.63, 3.8) is 0 Å². The number of hydrogen-bond donors (Lipinski definition) is 0. The number of carbonyl (C=O) groups is 2. The molecule has 22 heavy (non-hydrogen) atoms. The molecule has 1 aromatic carbocycles. The van der Waals surface area contributed by atoms with Crippen molar-refractivity contribution >= 4 is 11.8 Å². The first kappa shape index (κ1) is 15.8. The Morgan fingerprint density at radius 1 is 1.18 bits per heavy atom. The van der Waals surface area contributed by atoms with Crippen LogP contribution >= 0.6 is 0 Å².